The van der Waals surface area contributed by atoms with Crippen molar-refractivity contribution in [2.45, 2.75) is 44.8 Å². The molecule has 2 aromatic carbocycles. The maximum absolute atomic E-state index is 13.7. The third-order valence-electron chi connectivity index (χ3n) is 5.49. The maximum atomic E-state index is 13.7. The lowest BCUT2D eigenvalue weighted by atomic mass is 9.88. The lowest BCUT2D eigenvalue weighted by molar-refractivity contribution is -0.156. The van der Waals surface area contributed by atoms with Crippen LogP contribution in [0.1, 0.15) is 43.7 Å². The van der Waals surface area contributed by atoms with E-state index in [4.69, 9.17) is 18.9 Å². The Balaban J connectivity index is 2.16. The molecule has 0 spiro atoms. The van der Waals surface area contributed by atoms with E-state index in [0.29, 0.717) is 31.1 Å². The molecule has 1 aliphatic rings. The van der Waals surface area contributed by atoms with Crippen molar-refractivity contribution in [2.75, 3.05) is 27.4 Å². The minimum Gasteiger partial charge on any atom is -0.492 e. The van der Waals surface area contributed by atoms with Gasteiger partial charge < -0.3 is 24.1 Å². The summed E-state index contributed by atoms with van der Waals surface area (Å²) in [5.74, 6) is 0.441. The van der Waals surface area contributed by atoms with E-state index in [1.807, 2.05) is 12.1 Å². The van der Waals surface area contributed by atoms with Crippen molar-refractivity contribution < 1.29 is 33.2 Å². The zero-order chi connectivity index (χ0) is 24.0. The number of aliphatic hydroxyl groups excluding tert-OH is 1. The first-order valence-corrected chi connectivity index (χ1v) is 11.0. The Labute approximate surface area is 193 Å². The van der Waals surface area contributed by atoms with Crippen LogP contribution < -0.4 is 9.47 Å². The fourth-order valence-corrected chi connectivity index (χ4v) is 3.91. The monoisotopic (exact) mass is 458 g/mol. The van der Waals surface area contributed by atoms with Crippen molar-refractivity contribution in [3.8, 4) is 22.6 Å². The topological polar surface area (TPSA) is 74.2 Å². The lowest BCUT2D eigenvalue weighted by Gasteiger charge is -2.25. The van der Waals surface area contributed by atoms with E-state index >= 15 is 0 Å². The van der Waals surface area contributed by atoms with Crippen LogP contribution >= 0.6 is 0 Å². The largest absolute Gasteiger partial charge is 0.492 e. The molecular formula is C26H31FO6. The zero-order valence-electron chi connectivity index (χ0n) is 19.5. The summed E-state index contributed by atoms with van der Waals surface area (Å²) < 4.78 is 35.9. The molecule has 7 heteroatoms. The summed E-state index contributed by atoms with van der Waals surface area (Å²) in [6.45, 7) is 4.90. The molecule has 1 fully saturated rings. The smallest absolute Gasteiger partial charge is 0.309 e. The molecule has 0 aliphatic carbocycles. The summed E-state index contributed by atoms with van der Waals surface area (Å²) >= 11 is 0. The van der Waals surface area contributed by atoms with Gasteiger partial charge in [-0.3, -0.25) is 4.79 Å². The highest BCUT2D eigenvalue weighted by molar-refractivity contribution is 5.85. The highest BCUT2D eigenvalue weighted by Gasteiger charge is 2.26. The van der Waals surface area contributed by atoms with Crippen LogP contribution in [0.15, 0.2) is 36.4 Å². The zero-order valence-corrected chi connectivity index (χ0v) is 19.5. The molecular weight excluding hydrogens is 427 g/mol. The molecule has 0 bridgehead atoms. The van der Waals surface area contributed by atoms with Gasteiger partial charge in [0.05, 0.1) is 26.2 Å². The minimum absolute atomic E-state index is 0.00372. The van der Waals surface area contributed by atoms with Gasteiger partial charge in [-0.15, -0.1) is 0 Å². The predicted octanol–water partition coefficient (Wildman–Crippen LogP) is 4.73. The molecule has 0 amide bonds. The lowest BCUT2D eigenvalue weighted by Crippen LogP contribution is -2.31. The van der Waals surface area contributed by atoms with Crippen LogP contribution in [0.25, 0.3) is 17.2 Å². The number of esters is 1. The molecule has 1 N–H and O–H groups in total. The molecule has 1 aliphatic heterocycles. The van der Waals surface area contributed by atoms with Gasteiger partial charge in [0.15, 0.2) is 11.5 Å². The number of hydrogen-bond donors (Lipinski definition) is 1. The number of methoxy groups -OCH3 is 2. The number of carbonyl (C=O) groups excluding carboxylic acids is 1. The second-order valence-electron chi connectivity index (χ2n) is 8.27. The second-order valence-corrected chi connectivity index (χ2v) is 8.27. The Morgan fingerprint density at radius 1 is 1.21 bits per heavy atom. The van der Waals surface area contributed by atoms with Gasteiger partial charge in [-0.2, -0.15) is 0 Å². The van der Waals surface area contributed by atoms with E-state index in [2.05, 4.69) is 13.8 Å². The fraction of sp³-hybridized carbons (Fsp3) is 0.423. The molecule has 2 atom stereocenters. The molecule has 2 aromatic rings. The molecule has 6 nitrogen and oxygen atoms in total. The molecule has 1 saturated heterocycles. The van der Waals surface area contributed by atoms with E-state index in [-0.39, 0.29) is 18.2 Å². The Hall–Kier alpha value is -2.90. The third-order valence-corrected chi connectivity index (χ3v) is 5.49. The Bertz CT molecular complexity index is 983. The highest BCUT2D eigenvalue weighted by Crippen LogP contribution is 2.45. The average molecular weight is 459 g/mol. The SMILES string of the molecule is COCCOc1cc(C(C)C)c(C=CC2CC(O)CC(=O)O2)c(-c2ccc(F)cc2)c1OC. The van der Waals surface area contributed by atoms with Crippen LogP contribution in [0.3, 0.4) is 0 Å². The number of hydrogen-bond acceptors (Lipinski definition) is 6. The van der Waals surface area contributed by atoms with E-state index in [0.717, 1.165) is 22.3 Å². The summed E-state index contributed by atoms with van der Waals surface area (Å²) in [5.41, 5.74) is 3.34. The van der Waals surface area contributed by atoms with Crippen molar-refractivity contribution in [2.24, 2.45) is 0 Å². The number of rotatable bonds is 9. The third kappa shape index (κ3) is 6.12. The average Bonchev–Trinajstić information content (AvgIpc) is 2.77. The van der Waals surface area contributed by atoms with Crippen LogP contribution in [-0.2, 0) is 14.3 Å². The van der Waals surface area contributed by atoms with Gasteiger partial charge in [-0.05, 0) is 46.9 Å². The van der Waals surface area contributed by atoms with E-state index in [1.54, 1.807) is 32.4 Å². The van der Waals surface area contributed by atoms with Crippen molar-refractivity contribution >= 4 is 12.0 Å². The first kappa shape index (κ1) is 24.7. The normalized spacial score (nSPS) is 18.6. The van der Waals surface area contributed by atoms with Crippen molar-refractivity contribution in [1.29, 1.82) is 0 Å². The minimum atomic E-state index is -0.729. The van der Waals surface area contributed by atoms with Gasteiger partial charge in [-0.1, -0.05) is 32.1 Å². The van der Waals surface area contributed by atoms with Crippen LogP contribution in [0.4, 0.5) is 4.39 Å². The summed E-state index contributed by atoms with van der Waals surface area (Å²) in [7, 11) is 3.17. The molecule has 3 rings (SSSR count). The number of carbonyl (C=O) groups is 1. The standard InChI is InChI=1S/C26H31FO6/c1-16(2)22-15-23(32-12-11-30-3)26(31-4)25(17-5-7-18(27)8-6-17)21(22)10-9-20-13-19(28)14-24(29)33-20/h5-10,15-16,19-20,28H,11-14H2,1-4H3. The molecule has 1 heterocycles. The van der Waals surface area contributed by atoms with Crippen LogP contribution in [0.5, 0.6) is 11.5 Å². The van der Waals surface area contributed by atoms with Gasteiger partial charge in [0, 0.05) is 19.1 Å². The molecule has 2 unspecified atom stereocenters. The summed E-state index contributed by atoms with van der Waals surface area (Å²) in [6, 6.07) is 8.12. The number of ether oxygens (including phenoxy) is 4. The van der Waals surface area contributed by atoms with Crippen LogP contribution in [0.2, 0.25) is 0 Å². The summed E-state index contributed by atoms with van der Waals surface area (Å²) in [4.78, 5) is 11.8. The van der Waals surface area contributed by atoms with Crippen LogP contribution in [-0.4, -0.2) is 50.7 Å². The van der Waals surface area contributed by atoms with Crippen molar-refractivity contribution in [3.05, 3.63) is 53.4 Å². The van der Waals surface area contributed by atoms with Crippen molar-refractivity contribution in [1.82, 2.24) is 0 Å². The van der Waals surface area contributed by atoms with Crippen molar-refractivity contribution in [3.63, 3.8) is 0 Å². The quantitative estimate of drug-likeness (QED) is 0.433. The van der Waals surface area contributed by atoms with Gasteiger partial charge in [-0.25, -0.2) is 4.39 Å². The highest BCUT2D eigenvalue weighted by atomic mass is 19.1. The number of halogens is 1. The predicted molar refractivity (Wildman–Crippen MR) is 124 cm³/mol. The number of benzene rings is 2. The second kappa shape index (κ2) is 11.3. The Morgan fingerprint density at radius 3 is 2.55 bits per heavy atom. The molecule has 0 aromatic heterocycles. The van der Waals surface area contributed by atoms with Gasteiger partial charge in [0.2, 0.25) is 0 Å². The van der Waals surface area contributed by atoms with E-state index in [9.17, 15) is 14.3 Å². The number of cyclic esters (lactones) is 1. The Kier molecular flexibility index (Phi) is 8.47. The number of aliphatic hydroxyl groups is 1. The summed E-state index contributed by atoms with van der Waals surface area (Å²) in [6.07, 6.45) is 2.73. The fourth-order valence-electron chi connectivity index (χ4n) is 3.91. The molecule has 0 saturated carbocycles. The molecule has 178 valence electrons. The van der Waals surface area contributed by atoms with Gasteiger partial charge in [0.25, 0.3) is 0 Å². The van der Waals surface area contributed by atoms with E-state index < -0.39 is 18.2 Å². The molecule has 0 radical (unpaired) electrons. The van der Waals surface area contributed by atoms with E-state index in [1.165, 1.54) is 12.1 Å². The first-order chi connectivity index (χ1) is 15.8. The van der Waals surface area contributed by atoms with Gasteiger partial charge in [0.1, 0.15) is 18.5 Å². The molecule has 33 heavy (non-hydrogen) atoms. The van der Waals surface area contributed by atoms with Gasteiger partial charge >= 0.3 is 5.97 Å². The first-order valence-electron chi connectivity index (χ1n) is 11.0. The Morgan fingerprint density at radius 2 is 1.94 bits per heavy atom. The van der Waals surface area contributed by atoms with Crippen LogP contribution in [0, 0.1) is 5.82 Å². The maximum Gasteiger partial charge on any atom is 0.309 e. The summed E-state index contributed by atoms with van der Waals surface area (Å²) in [5, 5.41) is 9.95.